The van der Waals surface area contributed by atoms with Gasteiger partial charge in [0.25, 0.3) is 0 Å². The van der Waals surface area contributed by atoms with E-state index in [0.717, 1.165) is 11.3 Å². The van der Waals surface area contributed by atoms with Crippen molar-refractivity contribution in [2.24, 2.45) is 0 Å². The number of carboxylic acid groups (broad SMARTS) is 1. The van der Waals surface area contributed by atoms with Crippen molar-refractivity contribution in [1.29, 1.82) is 0 Å². The molecule has 0 saturated heterocycles. The number of phenols is 1. The number of carboxylic acids is 1. The monoisotopic (exact) mass is 266 g/mol. The summed E-state index contributed by atoms with van der Waals surface area (Å²) in [5.41, 5.74) is 1.36. The standard InChI is InChI=1S/C13H12N2O3.Na/c16-12-4-3-9(6-11(12)13(17)18)7-15-10-2-1-5-14-8-10;/h1-6,8,15-16H,7H2,(H,17,18);/q;+1/p-1. The first kappa shape index (κ1) is 15.5. The van der Waals surface area contributed by atoms with E-state index in [1.54, 1.807) is 24.5 Å². The maximum absolute atomic E-state index is 10.7. The number of pyridine rings is 1. The Hall–Kier alpha value is -1.56. The minimum atomic E-state index is -1.39. The second kappa shape index (κ2) is 7.13. The van der Waals surface area contributed by atoms with Crippen LogP contribution in [-0.2, 0) is 6.54 Å². The van der Waals surface area contributed by atoms with E-state index >= 15 is 0 Å². The Labute approximate surface area is 132 Å². The molecule has 0 aliphatic rings. The minimum Gasteiger partial charge on any atom is -0.545 e. The third kappa shape index (κ3) is 4.24. The molecule has 1 aromatic heterocycles. The minimum absolute atomic E-state index is 0. The van der Waals surface area contributed by atoms with Crippen LogP contribution in [-0.4, -0.2) is 16.1 Å². The van der Waals surface area contributed by atoms with Crippen LogP contribution in [0.15, 0.2) is 42.7 Å². The number of carbonyl (C=O) groups is 1. The van der Waals surface area contributed by atoms with Crippen LogP contribution in [0, 0.1) is 0 Å². The van der Waals surface area contributed by atoms with Gasteiger partial charge in [-0.25, -0.2) is 0 Å². The molecule has 19 heavy (non-hydrogen) atoms. The molecular formula is C13H11N2NaO3. The summed E-state index contributed by atoms with van der Waals surface area (Å²) in [6, 6.07) is 8.02. The molecule has 0 atom stereocenters. The third-order valence-electron chi connectivity index (χ3n) is 2.44. The molecule has 0 bridgehead atoms. The Bertz CT molecular complexity index is 561. The molecule has 0 spiro atoms. The maximum Gasteiger partial charge on any atom is 1.00 e. The van der Waals surface area contributed by atoms with Gasteiger partial charge < -0.3 is 20.3 Å². The Balaban J connectivity index is 0.00000180. The molecule has 2 aromatic rings. The van der Waals surface area contributed by atoms with E-state index < -0.39 is 5.97 Å². The molecule has 92 valence electrons. The predicted octanol–water partition coefficient (Wildman–Crippen LogP) is -2.23. The summed E-state index contributed by atoms with van der Waals surface area (Å²) >= 11 is 0. The number of nitrogens with one attached hydrogen (secondary N) is 1. The molecule has 2 N–H and O–H groups in total. The number of hydrogen-bond acceptors (Lipinski definition) is 5. The van der Waals surface area contributed by atoms with E-state index in [9.17, 15) is 15.0 Å². The number of nitrogens with zero attached hydrogens (tertiary/aromatic N) is 1. The first-order chi connectivity index (χ1) is 8.66. The largest absolute Gasteiger partial charge is 1.00 e. The van der Waals surface area contributed by atoms with Crippen molar-refractivity contribution < 1.29 is 44.6 Å². The summed E-state index contributed by atoms with van der Waals surface area (Å²) in [6.07, 6.45) is 3.33. The zero-order valence-electron chi connectivity index (χ0n) is 10.5. The molecule has 0 radical (unpaired) electrons. The van der Waals surface area contributed by atoms with Crippen molar-refractivity contribution in [3.05, 3.63) is 53.9 Å². The average Bonchev–Trinajstić information content (AvgIpc) is 2.38. The summed E-state index contributed by atoms with van der Waals surface area (Å²) in [5, 5.41) is 23.2. The number of carbonyl (C=O) groups excluding carboxylic acids is 1. The molecule has 0 amide bonds. The molecule has 2 rings (SSSR count). The third-order valence-corrected chi connectivity index (χ3v) is 2.44. The van der Waals surface area contributed by atoms with E-state index in [1.165, 1.54) is 12.1 Å². The first-order valence-electron chi connectivity index (χ1n) is 5.34. The zero-order valence-corrected chi connectivity index (χ0v) is 12.5. The van der Waals surface area contributed by atoms with Crippen LogP contribution in [0.2, 0.25) is 0 Å². The average molecular weight is 266 g/mol. The Morgan fingerprint density at radius 1 is 1.37 bits per heavy atom. The van der Waals surface area contributed by atoms with Gasteiger partial charge in [-0.3, -0.25) is 4.98 Å². The summed E-state index contributed by atoms with van der Waals surface area (Å²) in [5.74, 6) is -1.68. The normalized spacial score (nSPS) is 9.47. The van der Waals surface area contributed by atoms with Crippen molar-refractivity contribution in [2.75, 3.05) is 5.32 Å². The molecule has 1 heterocycles. The van der Waals surface area contributed by atoms with Gasteiger partial charge in [-0.1, -0.05) is 6.07 Å². The molecule has 0 saturated carbocycles. The molecule has 0 aliphatic heterocycles. The topological polar surface area (TPSA) is 85.3 Å². The van der Waals surface area contributed by atoms with E-state index in [4.69, 9.17) is 0 Å². The van der Waals surface area contributed by atoms with E-state index in [2.05, 4.69) is 10.3 Å². The Morgan fingerprint density at radius 3 is 2.79 bits per heavy atom. The van der Waals surface area contributed by atoms with Crippen LogP contribution >= 0.6 is 0 Å². The number of anilines is 1. The van der Waals surface area contributed by atoms with Gasteiger partial charge in [0.15, 0.2) is 0 Å². The molecule has 0 unspecified atom stereocenters. The van der Waals surface area contributed by atoms with Gasteiger partial charge in [-0.05, 0) is 29.8 Å². The van der Waals surface area contributed by atoms with Crippen LogP contribution in [0.4, 0.5) is 5.69 Å². The van der Waals surface area contributed by atoms with Gasteiger partial charge in [0.05, 0.1) is 11.7 Å². The molecule has 6 heteroatoms. The van der Waals surface area contributed by atoms with Crippen LogP contribution in [0.5, 0.6) is 5.75 Å². The van der Waals surface area contributed by atoms with Crippen LogP contribution in [0.3, 0.4) is 0 Å². The fraction of sp³-hybridized carbons (Fsp3) is 0.0769. The van der Waals surface area contributed by atoms with E-state index in [-0.39, 0.29) is 40.9 Å². The van der Waals surface area contributed by atoms with Crippen LogP contribution < -0.4 is 40.0 Å². The van der Waals surface area contributed by atoms with Gasteiger partial charge >= 0.3 is 29.6 Å². The molecule has 0 aliphatic carbocycles. The number of aromatic carboxylic acids is 1. The summed E-state index contributed by atoms with van der Waals surface area (Å²) in [6.45, 7) is 0.437. The smallest absolute Gasteiger partial charge is 0.545 e. The van der Waals surface area contributed by atoms with Gasteiger partial charge in [-0.15, -0.1) is 0 Å². The number of rotatable bonds is 4. The maximum atomic E-state index is 10.7. The molecule has 1 aromatic carbocycles. The van der Waals surface area contributed by atoms with E-state index in [0.29, 0.717) is 6.54 Å². The van der Waals surface area contributed by atoms with Crippen molar-refractivity contribution in [3.63, 3.8) is 0 Å². The summed E-state index contributed by atoms with van der Waals surface area (Å²) in [7, 11) is 0. The van der Waals surface area contributed by atoms with Crippen molar-refractivity contribution in [2.45, 2.75) is 6.54 Å². The number of hydrogen-bond donors (Lipinski definition) is 2. The fourth-order valence-electron chi connectivity index (χ4n) is 1.53. The number of benzene rings is 1. The molecular weight excluding hydrogens is 255 g/mol. The second-order valence-electron chi connectivity index (χ2n) is 3.73. The fourth-order valence-corrected chi connectivity index (χ4v) is 1.53. The van der Waals surface area contributed by atoms with Gasteiger partial charge in [0.1, 0.15) is 5.75 Å². The summed E-state index contributed by atoms with van der Waals surface area (Å²) < 4.78 is 0. The van der Waals surface area contributed by atoms with Crippen molar-refractivity contribution >= 4 is 11.7 Å². The first-order valence-corrected chi connectivity index (χ1v) is 5.34. The van der Waals surface area contributed by atoms with Gasteiger partial charge in [0.2, 0.25) is 0 Å². The number of aromatic hydroxyl groups is 1. The predicted molar refractivity (Wildman–Crippen MR) is 64.0 cm³/mol. The Kier molecular flexibility index (Phi) is 5.82. The second-order valence-corrected chi connectivity index (χ2v) is 3.73. The van der Waals surface area contributed by atoms with Crippen LogP contribution in [0.1, 0.15) is 15.9 Å². The van der Waals surface area contributed by atoms with Crippen molar-refractivity contribution in [1.82, 2.24) is 4.98 Å². The van der Waals surface area contributed by atoms with Gasteiger partial charge in [-0.2, -0.15) is 0 Å². The summed E-state index contributed by atoms with van der Waals surface area (Å²) in [4.78, 5) is 14.7. The Morgan fingerprint density at radius 2 is 2.16 bits per heavy atom. The zero-order chi connectivity index (χ0) is 13.0. The van der Waals surface area contributed by atoms with Gasteiger partial charge in [0, 0.05) is 24.5 Å². The van der Waals surface area contributed by atoms with Crippen molar-refractivity contribution in [3.8, 4) is 5.75 Å². The van der Waals surface area contributed by atoms with Crippen LogP contribution in [0.25, 0.3) is 0 Å². The quantitative estimate of drug-likeness (QED) is 0.612. The number of aromatic nitrogens is 1. The molecule has 0 fully saturated rings. The molecule has 5 nitrogen and oxygen atoms in total. The SMILES string of the molecule is O=C([O-])c1cc(CNc2cccnc2)ccc1O.[Na+]. The van der Waals surface area contributed by atoms with E-state index in [1.807, 2.05) is 6.07 Å².